The summed E-state index contributed by atoms with van der Waals surface area (Å²) < 4.78 is 5.19. The zero-order valence-corrected chi connectivity index (χ0v) is 9.24. The van der Waals surface area contributed by atoms with Gasteiger partial charge in [0.25, 0.3) is 0 Å². The van der Waals surface area contributed by atoms with Gasteiger partial charge in [0.1, 0.15) is 0 Å². The lowest BCUT2D eigenvalue weighted by molar-refractivity contribution is -0.147. The lowest BCUT2D eigenvalue weighted by Crippen LogP contribution is -2.50. The van der Waals surface area contributed by atoms with Crippen LogP contribution in [0.4, 0.5) is 0 Å². The first-order chi connectivity index (χ1) is 7.09. The van der Waals surface area contributed by atoms with E-state index in [9.17, 15) is 4.79 Å². The fourth-order valence-electron chi connectivity index (χ4n) is 2.23. The molecule has 0 bridgehead atoms. The Labute approximate surface area is 90.2 Å². The monoisotopic (exact) mass is 213 g/mol. The van der Waals surface area contributed by atoms with Crippen LogP contribution >= 0.6 is 0 Å². The molecular weight excluding hydrogens is 194 g/mol. The summed E-state index contributed by atoms with van der Waals surface area (Å²) in [5.74, 6) is -0.766. The molecule has 0 unspecified atom stereocenters. The van der Waals surface area contributed by atoms with E-state index in [-0.39, 0.29) is 5.92 Å². The van der Waals surface area contributed by atoms with E-state index in [4.69, 9.17) is 9.84 Å². The lowest BCUT2D eigenvalue weighted by atomic mass is 9.83. The average molecular weight is 213 g/mol. The minimum Gasteiger partial charge on any atom is -0.481 e. The van der Waals surface area contributed by atoms with Crippen LogP contribution in [-0.4, -0.2) is 48.8 Å². The predicted molar refractivity (Wildman–Crippen MR) is 55.7 cm³/mol. The van der Waals surface area contributed by atoms with E-state index < -0.39 is 5.97 Å². The zero-order chi connectivity index (χ0) is 10.9. The Balaban J connectivity index is 1.55. The largest absolute Gasteiger partial charge is 0.481 e. The van der Waals surface area contributed by atoms with Crippen molar-refractivity contribution >= 4 is 5.97 Å². The van der Waals surface area contributed by atoms with Crippen LogP contribution in [0.15, 0.2) is 0 Å². The summed E-state index contributed by atoms with van der Waals surface area (Å²) in [7, 11) is 0. The molecular formula is C11H19NO3. The van der Waals surface area contributed by atoms with Crippen molar-refractivity contribution in [3.63, 3.8) is 0 Å². The molecule has 0 aliphatic carbocycles. The minimum atomic E-state index is -0.648. The third-order valence-electron chi connectivity index (χ3n) is 3.46. The van der Waals surface area contributed by atoms with Crippen LogP contribution in [0.1, 0.15) is 19.8 Å². The lowest BCUT2D eigenvalue weighted by Gasteiger charge is -2.40. The van der Waals surface area contributed by atoms with Crippen molar-refractivity contribution in [3.8, 4) is 0 Å². The Morgan fingerprint density at radius 1 is 1.53 bits per heavy atom. The summed E-state index contributed by atoms with van der Waals surface area (Å²) in [6, 6.07) is 0. The van der Waals surface area contributed by atoms with Crippen LogP contribution in [-0.2, 0) is 9.53 Å². The highest BCUT2D eigenvalue weighted by molar-refractivity contribution is 5.71. The highest BCUT2D eigenvalue weighted by Gasteiger charge is 2.35. The van der Waals surface area contributed by atoms with Crippen LogP contribution in [0.3, 0.4) is 0 Å². The van der Waals surface area contributed by atoms with E-state index in [2.05, 4.69) is 11.8 Å². The molecule has 2 heterocycles. The van der Waals surface area contributed by atoms with Crippen molar-refractivity contribution in [1.29, 1.82) is 0 Å². The van der Waals surface area contributed by atoms with Gasteiger partial charge in [-0.2, -0.15) is 0 Å². The van der Waals surface area contributed by atoms with E-state index in [0.29, 0.717) is 5.41 Å². The quantitative estimate of drug-likeness (QED) is 0.734. The molecule has 2 aliphatic rings. The standard InChI is InChI=1S/C11H19NO3/c1-11(7-15-8-11)3-2-4-12-5-9(6-12)10(13)14/h9H,2-8H2,1H3,(H,13,14). The molecule has 1 N–H and O–H groups in total. The molecule has 4 nitrogen and oxygen atoms in total. The van der Waals surface area contributed by atoms with Crippen LogP contribution in [0.5, 0.6) is 0 Å². The van der Waals surface area contributed by atoms with Gasteiger partial charge in [0.15, 0.2) is 0 Å². The molecule has 0 aromatic rings. The maximum atomic E-state index is 10.6. The second-order valence-corrected chi connectivity index (χ2v) is 5.20. The number of carboxylic acid groups (broad SMARTS) is 1. The summed E-state index contributed by atoms with van der Waals surface area (Å²) in [4.78, 5) is 12.8. The molecule has 0 aromatic heterocycles. The second-order valence-electron chi connectivity index (χ2n) is 5.20. The number of carbonyl (C=O) groups is 1. The Bertz CT molecular complexity index is 244. The van der Waals surface area contributed by atoms with Gasteiger partial charge in [-0.3, -0.25) is 4.79 Å². The van der Waals surface area contributed by atoms with E-state index >= 15 is 0 Å². The van der Waals surface area contributed by atoms with Gasteiger partial charge in [-0.25, -0.2) is 0 Å². The summed E-state index contributed by atoms with van der Waals surface area (Å²) in [6.07, 6.45) is 2.35. The number of carboxylic acids is 1. The van der Waals surface area contributed by atoms with Gasteiger partial charge in [-0.15, -0.1) is 0 Å². The average Bonchev–Trinajstić information content (AvgIpc) is 2.05. The summed E-state index contributed by atoms with van der Waals surface area (Å²) in [5, 5.41) is 8.71. The third-order valence-corrected chi connectivity index (χ3v) is 3.46. The fraction of sp³-hybridized carbons (Fsp3) is 0.909. The van der Waals surface area contributed by atoms with Crippen molar-refractivity contribution in [1.82, 2.24) is 4.90 Å². The van der Waals surface area contributed by atoms with E-state index in [1.165, 1.54) is 6.42 Å². The maximum absolute atomic E-state index is 10.6. The second kappa shape index (κ2) is 4.10. The molecule has 0 amide bonds. The van der Waals surface area contributed by atoms with Crippen molar-refractivity contribution in [2.45, 2.75) is 19.8 Å². The highest BCUT2D eigenvalue weighted by atomic mass is 16.5. The van der Waals surface area contributed by atoms with E-state index in [1.54, 1.807) is 0 Å². The Hall–Kier alpha value is -0.610. The van der Waals surface area contributed by atoms with Gasteiger partial charge >= 0.3 is 5.97 Å². The smallest absolute Gasteiger partial charge is 0.309 e. The van der Waals surface area contributed by atoms with Gasteiger partial charge in [0, 0.05) is 18.5 Å². The van der Waals surface area contributed by atoms with Crippen LogP contribution in [0.2, 0.25) is 0 Å². The van der Waals surface area contributed by atoms with Crippen LogP contribution < -0.4 is 0 Å². The number of aliphatic carboxylic acids is 1. The first kappa shape index (κ1) is 10.9. The zero-order valence-electron chi connectivity index (χ0n) is 9.24. The van der Waals surface area contributed by atoms with Gasteiger partial charge in [0.2, 0.25) is 0 Å². The Morgan fingerprint density at radius 2 is 2.20 bits per heavy atom. The summed E-state index contributed by atoms with van der Waals surface area (Å²) >= 11 is 0. The van der Waals surface area contributed by atoms with E-state index in [0.717, 1.165) is 39.3 Å². The molecule has 15 heavy (non-hydrogen) atoms. The molecule has 0 radical (unpaired) electrons. The van der Waals surface area contributed by atoms with Gasteiger partial charge in [0.05, 0.1) is 19.1 Å². The predicted octanol–water partition coefficient (Wildman–Crippen LogP) is 0.820. The third kappa shape index (κ3) is 2.49. The van der Waals surface area contributed by atoms with Crippen molar-refractivity contribution in [2.75, 3.05) is 32.8 Å². The number of hydrogen-bond acceptors (Lipinski definition) is 3. The summed E-state index contributed by atoms with van der Waals surface area (Å²) in [5.41, 5.74) is 0.400. The SMILES string of the molecule is CC1(CCCN2CC(C(=O)O)C2)COC1. The number of rotatable bonds is 5. The molecule has 0 saturated carbocycles. The first-order valence-corrected chi connectivity index (χ1v) is 5.62. The molecule has 4 heteroatoms. The molecule has 0 atom stereocenters. The van der Waals surface area contributed by atoms with Crippen molar-refractivity contribution in [3.05, 3.63) is 0 Å². The first-order valence-electron chi connectivity index (χ1n) is 5.62. The fourth-order valence-corrected chi connectivity index (χ4v) is 2.23. The Kier molecular flexibility index (Phi) is 2.98. The molecule has 86 valence electrons. The molecule has 2 saturated heterocycles. The topological polar surface area (TPSA) is 49.8 Å². The molecule has 2 fully saturated rings. The minimum absolute atomic E-state index is 0.118. The number of likely N-dealkylation sites (tertiary alicyclic amines) is 1. The maximum Gasteiger partial charge on any atom is 0.309 e. The molecule has 0 spiro atoms. The Morgan fingerprint density at radius 3 is 2.67 bits per heavy atom. The van der Waals surface area contributed by atoms with Crippen molar-refractivity contribution < 1.29 is 14.6 Å². The highest BCUT2D eigenvalue weighted by Crippen LogP contribution is 2.32. The van der Waals surface area contributed by atoms with Crippen LogP contribution in [0, 0.1) is 11.3 Å². The number of ether oxygens (including phenoxy) is 1. The van der Waals surface area contributed by atoms with Gasteiger partial charge < -0.3 is 14.7 Å². The molecule has 2 rings (SSSR count). The molecule has 2 aliphatic heterocycles. The normalized spacial score (nSPS) is 25.7. The van der Waals surface area contributed by atoms with E-state index in [1.807, 2.05) is 0 Å². The number of nitrogens with zero attached hydrogens (tertiary/aromatic N) is 1. The number of hydrogen-bond donors (Lipinski definition) is 1. The summed E-state index contributed by atoms with van der Waals surface area (Å²) in [6.45, 7) is 6.56. The molecule has 0 aromatic carbocycles. The van der Waals surface area contributed by atoms with Crippen LogP contribution in [0.25, 0.3) is 0 Å². The van der Waals surface area contributed by atoms with Gasteiger partial charge in [-0.1, -0.05) is 6.92 Å². The van der Waals surface area contributed by atoms with Gasteiger partial charge in [-0.05, 0) is 19.4 Å². The van der Waals surface area contributed by atoms with Crippen molar-refractivity contribution in [2.24, 2.45) is 11.3 Å².